The van der Waals surface area contributed by atoms with Crippen molar-refractivity contribution in [3.05, 3.63) is 35.6 Å². The van der Waals surface area contributed by atoms with E-state index in [-0.39, 0.29) is 36.2 Å². The van der Waals surface area contributed by atoms with Gasteiger partial charge in [0.2, 0.25) is 5.91 Å². The zero-order valence-corrected chi connectivity index (χ0v) is 13.2. The van der Waals surface area contributed by atoms with E-state index in [0.717, 1.165) is 0 Å². The second-order valence-corrected chi connectivity index (χ2v) is 5.29. The Kier molecular flexibility index (Phi) is 9.17. The zero-order chi connectivity index (χ0) is 15.1. The molecule has 4 nitrogen and oxygen atoms in total. The number of nitrogens with two attached hydrogens (primary N) is 1. The average molecular weight is 319 g/mol. The van der Waals surface area contributed by atoms with Gasteiger partial charge in [-0.2, -0.15) is 0 Å². The van der Waals surface area contributed by atoms with Crippen molar-refractivity contribution in [3.8, 4) is 0 Å². The van der Waals surface area contributed by atoms with Gasteiger partial charge in [0.15, 0.2) is 0 Å². The molecule has 6 heteroatoms. The molecule has 21 heavy (non-hydrogen) atoms. The first kappa shape index (κ1) is 19.8. The van der Waals surface area contributed by atoms with E-state index in [0.29, 0.717) is 24.8 Å². The quantitative estimate of drug-likeness (QED) is 0.722. The average Bonchev–Trinajstić information content (AvgIpc) is 2.36. The summed E-state index contributed by atoms with van der Waals surface area (Å²) in [6.45, 7) is 3.69. The third kappa shape index (κ3) is 7.99. The molecule has 3 unspecified atom stereocenters. The lowest BCUT2D eigenvalue weighted by Crippen LogP contribution is -2.34. The normalized spacial score (nSPS) is 14.7. The lowest BCUT2D eigenvalue weighted by atomic mass is 10.0. The number of amides is 1. The molecule has 3 atom stereocenters. The van der Waals surface area contributed by atoms with Crippen molar-refractivity contribution in [1.82, 2.24) is 5.32 Å². The molecular weight excluding hydrogens is 295 g/mol. The fourth-order valence-corrected chi connectivity index (χ4v) is 1.92. The summed E-state index contributed by atoms with van der Waals surface area (Å²) >= 11 is 0. The van der Waals surface area contributed by atoms with Crippen LogP contribution in [0.15, 0.2) is 24.3 Å². The molecule has 1 aromatic carbocycles. The van der Waals surface area contributed by atoms with E-state index in [1.54, 1.807) is 12.1 Å². The number of benzene rings is 1. The second kappa shape index (κ2) is 9.71. The zero-order valence-electron chi connectivity index (χ0n) is 12.4. The van der Waals surface area contributed by atoms with Crippen molar-refractivity contribution < 1.29 is 14.3 Å². The number of aliphatic hydroxyl groups is 1. The standard InChI is InChI=1S/C15H23FN2O2.ClH/c1-10(17)3-8-15(20)18-11(2)9-14(19)12-4-6-13(16)7-5-12;/h4-7,10-11,14,19H,3,8-9,17H2,1-2H3,(H,18,20);1H. The Morgan fingerprint density at radius 3 is 2.43 bits per heavy atom. The molecule has 0 bridgehead atoms. The van der Waals surface area contributed by atoms with Crippen LogP contribution >= 0.6 is 12.4 Å². The van der Waals surface area contributed by atoms with E-state index in [9.17, 15) is 14.3 Å². The van der Waals surface area contributed by atoms with Crippen LogP contribution in [0.4, 0.5) is 4.39 Å². The van der Waals surface area contributed by atoms with Crippen molar-refractivity contribution in [2.75, 3.05) is 0 Å². The number of carbonyl (C=O) groups is 1. The molecule has 0 aliphatic carbocycles. The van der Waals surface area contributed by atoms with E-state index >= 15 is 0 Å². The highest BCUT2D eigenvalue weighted by Gasteiger charge is 2.14. The Hall–Kier alpha value is -1.17. The van der Waals surface area contributed by atoms with Crippen LogP contribution in [-0.4, -0.2) is 23.1 Å². The predicted octanol–water partition coefficient (Wildman–Crippen LogP) is 2.30. The van der Waals surface area contributed by atoms with E-state index < -0.39 is 6.10 Å². The van der Waals surface area contributed by atoms with Crippen LogP contribution in [0, 0.1) is 5.82 Å². The lowest BCUT2D eigenvalue weighted by molar-refractivity contribution is -0.122. The molecule has 4 N–H and O–H groups in total. The van der Waals surface area contributed by atoms with Crippen LogP contribution in [0.3, 0.4) is 0 Å². The number of hydrogen-bond acceptors (Lipinski definition) is 3. The first-order valence-corrected chi connectivity index (χ1v) is 6.87. The molecule has 0 aliphatic heterocycles. The number of carbonyl (C=O) groups excluding carboxylic acids is 1. The van der Waals surface area contributed by atoms with Gasteiger partial charge in [-0.1, -0.05) is 12.1 Å². The topological polar surface area (TPSA) is 75.4 Å². The summed E-state index contributed by atoms with van der Waals surface area (Å²) in [4.78, 5) is 11.6. The minimum atomic E-state index is -0.723. The third-order valence-electron chi connectivity index (χ3n) is 3.07. The Bertz CT molecular complexity index is 426. The van der Waals surface area contributed by atoms with E-state index in [2.05, 4.69) is 5.32 Å². The van der Waals surface area contributed by atoms with Gasteiger partial charge in [0.05, 0.1) is 6.10 Å². The minimum Gasteiger partial charge on any atom is -0.388 e. The van der Waals surface area contributed by atoms with Gasteiger partial charge in [0.1, 0.15) is 5.82 Å². The maximum atomic E-state index is 12.8. The van der Waals surface area contributed by atoms with Crippen LogP contribution < -0.4 is 11.1 Å². The number of halogens is 2. The molecule has 0 heterocycles. The van der Waals surface area contributed by atoms with Gasteiger partial charge in [-0.3, -0.25) is 4.79 Å². The summed E-state index contributed by atoms with van der Waals surface area (Å²) in [6, 6.07) is 5.56. The van der Waals surface area contributed by atoms with Gasteiger partial charge in [0, 0.05) is 18.5 Å². The number of aliphatic hydroxyl groups excluding tert-OH is 1. The van der Waals surface area contributed by atoms with Gasteiger partial charge in [0.25, 0.3) is 0 Å². The molecule has 0 aromatic heterocycles. The van der Waals surface area contributed by atoms with Crippen LogP contribution in [0.5, 0.6) is 0 Å². The molecule has 0 radical (unpaired) electrons. The molecule has 1 rings (SSSR count). The highest BCUT2D eigenvalue weighted by Crippen LogP contribution is 2.18. The summed E-state index contributed by atoms with van der Waals surface area (Å²) < 4.78 is 12.8. The van der Waals surface area contributed by atoms with E-state index in [1.165, 1.54) is 12.1 Å². The van der Waals surface area contributed by atoms with Gasteiger partial charge >= 0.3 is 0 Å². The molecule has 0 aliphatic rings. The number of rotatable bonds is 7. The first-order chi connectivity index (χ1) is 9.38. The summed E-state index contributed by atoms with van der Waals surface area (Å²) in [5.74, 6) is -0.403. The van der Waals surface area contributed by atoms with Crippen molar-refractivity contribution in [2.24, 2.45) is 5.73 Å². The summed E-state index contributed by atoms with van der Waals surface area (Å²) in [7, 11) is 0. The Balaban J connectivity index is 0.00000400. The molecule has 120 valence electrons. The SMILES string of the molecule is CC(N)CCC(=O)NC(C)CC(O)c1ccc(F)cc1.Cl. The summed E-state index contributed by atoms with van der Waals surface area (Å²) in [5, 5.41) is 12.8. The molecule has 0 spiro atoms. The van der Waals surface area contributed by atoms with Crippen LogP contribution in [0.25, 0.3) is 0 Å². The van der Waals surface area contributed by atoms with Gasteiger partial charge in [-0.25, -0.2) is 4.39 Å². The van der Waals surface area contributed by atoms with Gasteiger partial charge < -0.3 is 16.2 Å². The van der Waals surface area contributed by atoms with Crippen LogP contribution in [0.2, 0.25) is 0 Å². The summed E-state index contributed by atoms with van der Waals surface area (Å²) in [5.41, 5.74) is 6.23. The molecule has 1 aromatic rings. The molecular formula is C15H24ClFN2O2. The van der Waals surface area contributed by atoms with Crippen LogP contribution in [0.1, 0.15) is 44.8 Å². The van der Waals surface area contributed by atoms with Crippen LogP contribution in [-0.2, 0) is 4.79 Å². The van der Waals surface area contributed by atoms with Gasteiger partial charge in [-0.15, -0.1) is 12.4 Å². The van der Waals surface area contributed by atoms with Crippen molar-refractivity contribution >= 4 is 18.3 Å². The highest BCUT2D eigenvalue weighted by atomic mass is 35.5. The minimum absolute atomic E-state index is 0. The Morgan fingerprint density at radius 1 is 1.33 bits per heavy atom. The van der Waals surface area contributed by atoms with Crippen molar-refractivity contribution in [2.45, 2.75) is 51.3 Å². The smallest absolute Gasteiger partial charge is 0.220 e. The summed E-state index contributed by atoms with van der Waals surface area (Å²) in [6.07, 6.45) is 0.683. The van der Waals surface area contributed by atoms with Gasteiger partial charge in [-0.05, 0) is 44.4 Å². The molecule has 1 amide bonds. The first-order valence-electron chi connectivity index (χ1n) is 6.87. The fourth-order valence-electron chi connectivity index (χ4n) is 1.92. The largest absolute Gasteiger partial charge is 0.388 e. The maximum absolute atomic E-state index is 12.8. The Morgan fingerprint density at radius 2 is 1.90 bits per heavy atom. The van der Waals surface area contributed by atoms with Crippen molar-refractivity contribution in [1.29, 1.82) is 0 Å². The Labute approximate surface area is 131 Å². The maximum Gasteiger partial charge on any atom is 0.220 e. The molecule has 0 saturated heterocycles. The monoisotopic (exact) mass is 318 g/mol. The molecule has 0 fully saturated rings. The van der Waals surface area contributed by atoms with E-state index in [1.807, 2.05) is 13.8 Å². The number of hydrogen-bond donors (Lipinski definition) is 3. The number of nitrogens with one attached hydrogen (secondary N) is 1. The third-order valence-corrected chi connectivity index (χ3v) is 3.07. The van der Waals surface area contributed by atoms with Crippen molar-refractivity contribution in [3.63, 3.8) is 0 Å². The molecule has 0 saturated carbocycles. The second-order valence-electron chi connectivity index (χ2n) is 5.29. The fraction of sp³-hybridized carbons (Fsp3) is 0.533. The van der Waals surface area contributed by atoms with E-state index in [4.69, 9.17) is 5.73 Å². The predicted molar refractivity (Wildman–Crippen MR) is 83.7 cm³/mol. The lowest BCUT2D eigenvalue weighted by Gasteiger charge is -2.18. The highest BCUT2D eigenvalue weighted by molar-refractivity contribution is 5.85.